The molecule has 0 aliphatic carbocycles. The average Bonchev–Trinajstić information content (AvgIpc) is 2.82. The lowest BCUT2D eigenvalue weighted by atomic mass is 9.95. The van der Waals surface area contributed by atoms with E-state index >= 15 is 0 Å². The molecule has 2 aromatic rings. The Morgan fingerprint density at radius 2 is 1.84 bits per heavy atom. The second-order valence-corrected chi connectivity index (χ2v) is 8.29. The van der Waals surface area contributed by atoms with Gasteiger partial charge in [0.15, 0.2) is 0 Å². The number of nitrogens with zero attached hydrogens (tertiary/aromatic N) is 3. The molecule has 1 N–H and O–H groups in total. The summed E-state index contributed by atoms with van der Waals surface area (Å²) in [7, 11) is 0. The smallest absolute Gasteiger partial charge is 0.253 e. The molecule has 0 bridgehead atoms. The van der Waals surface area contributed by atoms with E-state index in [1.54, 1.807) is 0 Å². The number of carbonyl (C=O) groups is 2. The first-order valence-electron chi connectivity index (χ1n) is 11.0. The number of hydrogen-bond acceptors (Lipinski definition) is 4. The lowest BCUT2D eigenvalue weighted by Crippen LogP contribution is -2.48. The molecule has 160 valence electrons. The van der Waals surface area contributed by atoms with Crippen LogP contribution in [-0.4, -0.2) is 54.3 Å². The zero-order valence-electron chi connectivity index (χ0n) is 17.7. The number of rotatable bonds is 6. The van der Waals surface area contributed by atoms with Crippen LogP contribution in [0.15, 0.2) is 48.5 Å². The van der Waals surface area contributed by atoms with Crippen molar-refractivity contribution in [2.24, 2.45) is 0 Å². The SMILES string of the molecule is N#CC(CCCN1CCN(C(=O)c2ccc3c(c2)CCC(=O)N3)CC1)c1ccccc1. The van der Waals surface area contributed by atoms with Gasteiger partial charge in [-0.2, -0.15) is 5.26 Å². The number of benzene rings is 2. The van der Waals surface area contributed by atoms with Crippen LogP contribution >= 0.6 is 0 Å². The Labute approximate surface area is 183 Å². The van der Waals surface area contributed by atoms with Crippen LogP contribution in [0.5, 0.6) is 0 Å². The number of nitriles is 1. The lowest BCUT2D eigenvalue weighted by Gasteiger charge is -2.35. The molecule has 6 nitrogen and oxygen atoms in total. The molecule has 0 aromatic heterocycles. The largest absolute Gasteiger partial charge is 0.336 e. The Hall–Kier alpha value is -3.17. The topological polar surface area (TPSA) is 76.4 Å². The van der Waals surface area contributed by atoms with Crippen LogP contribution in [0.3, 0.4) is 0 Å². The molecule has 1 atom stereocenters. The average molecular weight is 417 g/mol. The third-order valence-corrected chi connectivity index (χ3v) is 6.23. The summed E-state index contributed by atoms with van der Waals surface area (Å²) < 4.78 is 0. The van der Waals surface area contributed by atoms with Crippen LogP contribution in [-0.2, 0) is 11.2 Å². The van der Waals surface area contributed by atoms with E-state index < -0.39 is 0 Å². The molecule has 1 fully saturated rings. The zero-order chi connectivity index (χ0) is 21.6. The number of aryl methyl sites for hydroxylation is 1. The first-order chi connectivity index (χ1) is 15.1. The monoisotopic (exact) mass is 416 g/mol. The summed E-state index contributed by atoms with van der Waals surface area (Å²) in [6.45, 7) is 4.09. The lowest BCUT2D eigenvalue weighted by molar-refractivity contribution is -0.116. The third kappa shape index (κ3) is 5.12. The van der Waals surface area contributed by atoms with Crippen LogP contribution in [0, 0.1) is 11.3 Å². The fraction of sp³-hybridized carbons (Fsp3) is 0.400. The third-order valence-electron chi connectivity index (χ3n) is 6.23. The maximum Gasteiger partial charge on any atom is 0.253 e. The van der Waals surface area contributed by atoms with Gasteiger partial charge in [-0.25, -0.2) is 0 Å². The summed E-state index contributed by atoms with van der Waals surface area (Å²) in [5.41, 5.74) is 3.64. The van der Waals surface area contributed by atoms with Crippen molar-refractivity contribution in [1.29, 1.82) is 5.26 Å². The van der Waals surface area contributed by atoms with Crippen molar-refractivity contribution >= 4 is 17.5 Å². The minimum absolute atomic E-state index is 0.0348. The summed E-state index contributed by atoms with van der Waals surface area (Å²) >= 11 is 0. The Bertz CT molecular complexity index is 975. The van der Waals surface area contributed by atoms with Crippen molar-refractivity contribution in [2.45, 2.75) is 31.6 Å². The van der Waals surface area contributed by atoms with Crippen LogP contribution in [0.2, 0.25) is 0 Å². The number of hydrogen-bond donors (Lipinski definition) is 1. The molecule has 2 aliphatic rings. The summed E-state index contributed by atoms with van der Waals surface area (Å²) in [5, 5.41) is 12.3. The summed E-state index contributed by atoms with van der Waals surface area (Å²) in [4.78, 5) is 28.8. The normalized spacial score (nSPS) is 17.4. The minimum atomic E-state index is -0.0575. The van der Waals surface area contributed by atoms with E-state index in [4.69, 9.17) is 0 Å². The van der Waals surface area contributed by atoms with Crippen molar-refractivity contribution < 1.29 is 9.59 Å². The quantitative estimate of drug-likeness (QED) is 0.783. The second kappa shape index (κ2) is 9.76. The van der Waals surface area contributed by atoms with Crippen LogP contribution in [0.1, 0.15) is 46.7 Å². The molecule has 1 unspecified atom stereocenters. The van der Waals surface area contributed by atoms with E-state index in [1.165, 1.54) is 0 Å². The molecule has 0 spiro atoms. The Morgan fingerprint density at radius 1 is 1.06 bits per heavy atom. The Kier molecular flexibility index (Phi) is 6.63. The van der Waals surface area contributed by atoms with E-state index in [2.05, 4.69) is 16.3 Å². The highest BCUT2D eigenvalue weighted by atomic mass is 16.2. The van der Waals surface area contributed by atoms with Crippen molar-refractivity contribution in [3.8, 4) is 6.07 Å². The molecule has 2 amide bonds. The molecule has 0 saturated carbocycles. The molecular formula is C25H28N4O2. The molecule has 6 heteroatoms. The van der Waals surface area contributed by atoms with Gasteiger partial charge in [0, 0.05) is 43.9 Å². The van der Waals surface area contributed by atoms with Gasteiger partial charge in [0.25, 0.3) is 5.91 Å². The Morgan fingerprint density at radius 3 is 2.58 bits per heavy atom. The molecule has 2 aromatic carbocycles. The van der Waals surface area contributed by atoms with Gasteiger partial charge in [0.05, 0.1) is 12.0 Å². The van der Waals surface area contributed by atoms with Gasteiger partial charge in [-0.15, -0.1) is 0 Å². The highest BCUT2D eigenvalue weighted by Gasteiger charge is 2.24. The Balaban J connectivity index is 1.25. The number of fused-ring (bicyclic) bond motifs is 1. The summed E-state index contributed by atoms with van der Waals surface area (Å²) in [6.07, 6.45) is 2.98. The van der Waals surface area contributed by atoms with E-state index in [9.17, 15) is 14.9 Å². The van der Waals surface area contributed by atoms with Crippen molar-refractivity contribution in [3.05, 3.63) is 65.2 Å². The number of piperazine rings is 1. The van der Waals surface area contributed by atoms with Gasteiger partial charge in [-0.3, -0.25) is 14.5 Å². The fourth-order valence-corrected chi connectivity index (χ4v) is 4.38. The summed E-state index contributed by atoms with van der Waals surface area (Å²) in [5.74, 6) is 0.0402. The van der Waals surface area contributed by atoms with Gasteiger partial charge in [-0.1, -0.05) is 30.3 Å². The highest BCUT2D eigenvalue weighted by molar-refractivity contribution is 5.98. The predicted octanol–water partition coefficient (Wildman–Crippen LogP) is 3.42. The fourth-order valence-electron chi connectivity index (χ4n) is 4.38. The number of amides is 2. The van der Waals surface area contributed by atoms with Crippen molar-refractivity contribution in [1.82, 2.24) is 9.80 Å². The first kappa shape index (κ1) is 21.1. The van der Waals surface area contributed by atoms with Gasteiger partial charge in [0.2, 0.25) is 5.91 Å². The predicted molar refractivity (Wildman–Crippen MR) is 120 cm³/mol. The summed E-state index contributed by atoms with van der Waals surface area (Å²) in [6, 6.07) is 18.0. The molecule has 2 heterocycles. The number of anilines is 1. The van der Waals surface area contributed by atoms with Crippen molar-refractivity contribution in [2.75, 3.05) is 38.0 Å². The molecule has 2 aliphatic heterocycles. The molecule has 4 rings (SSSR count). The second-order valence-electron chi connectivity index (χ2n) is 8.29. The van der Waals surface area contributed by atoms with Crippen molar-refractivity contribution in [3.63, 3.8) is 0 Å². The minimum Gasteiger partial charge on any atom is -0.336 e. The van der Waals surface area contributed by atoms with Crippen LogP contribution < -0.4 is 5.32 Å². The maximum absolute atomic E-state index is 12.9. The van der Waals surface area contributed by atoms with E-state index in [0.29, 0.717) is 31.5 Å². The van der Waals surface area contributed by atoms with E-state index in [0.717, 1.165) is 49.3 Å². The zero-order valence-corrected chi connectivity index (χ0v) is 17.7. The number of carbonyl (C=O) groups excluding carboxylic acids is 2. The van der Waals surface area contributed by atoms with Gasteiger partial charge >= 0.3 is 0 Å². The van der Waals surface area contributed by atoms with Gasteiger partial charge in [0.1, 0.15) is 0 Å². The van der Waals surface area contributed by atoms with E-state index in [1.807, 2.05) is 53.4 Å². The molecule has 0 radical (unpaired) electrons. The molecule has 31 heavy (non-hydrogen) atoms. The maximum atomic E-state index is 12.9. The van der Waals surface area contributed by atoms with Crippen LogP contribution in [0.4, 0.5) is 5.69 Å². The molecule has 1 saturated heterocycles. The standard InChI is InChI=1S/C25H28N4O2/c26-18-22(19-5-2-1-3-6-19)7-4-12-28-13-15-29(16-14-28)25(31)21-8-10-23-20(17-21)9-11-24(30)27-23/h1-3,5-6,8,10,17,22H,4,7,9,11-16H2,(H,27,30). The first-order valence-corrected chi connectivity index (χ1v) is 11.0. The van der Waals surface area contributed by atoms with Gasteiger partial charge in [-0.05, 0) is 55.1 Å². The number of nitrogens with one attached hydrogen (secondary N) is 1. The highest BCUT2D eigenvalue weighted by Crippen LogP contribution is 2.25. The molecular weight excluding hydrogens is 388 g/mol. The van der Waals surface area contributed by atoms with Gasteiger partial charge < -0.3 is 10.2 Å². The van der Waals surface area contributed by atoms with Crippen LogP contribution in [0.25, 0.3) is 0 Å². The van der Waals surface area contributed by atoms with E-state index in [-0.39, 0.29) is 17.7 Å².